The van der Waals surface area contributed by atoms with Gasteiger partial charge in [0.15, 0.2) is 0 Å². The first-order valence-corrected chi connectivity index (χ1v) is 7.90. The van der Waals surface area contributed by atoms with E-state index in [1.165, 1.54) is 30.4 Å². The Bertz CT molecular complexity index is 544. The number of piperidine rings is 1. The van der Waals surface area contributed by atoms with Crippen LogP contribution in [0.2, 0.25) is 0 Å². The largest absolute Gasteiger partial charge is 0.388 e. The summed E-state index contributed by atoms with van der Waals surface area (Å²) in [6, 6.07) is 19.1. The maximum Gasteiger partial charge on any atom is 0.0804 e. The first-order valence-electron chi connectivity index (χ1n) is 7.90. The first-order chi connectivity index (χ1) is 10.3. The molecule has 0 aliphatic carbocycles. The number of hydrogen-bond donors (Lipinski definition) is 2. The van der Waals surface area contributed by atoms with Crippen molar-refractivity contribution >= 4 is 0 Å². The molecule has 0 amide bonds. The summed E-state index contributed by atoms with van der Waals surface area (Å²) >= 11 is 0. The van der Waals surface area contributed by atoms with Gasteiger partial charge in [-0.25, -0.2) is 0 Å². The van der Waals surface area contributed by atoms with Crippen LogP contribution >= 0.6 is 0 Å². The van der Waals surface area contributed by atoms with Crippen molar-refractivity contribution in [3.05, 3.63) is 60.2 Å². The number of rotatable bonds is 4. The normalized spacial score (nSPS) is 20.1. The summed E-state index contributed by atoms with van der Waals surface area (Å²) in [6.07, 6.45) is 4.16. The third kappa shape index (κ3) is 3.72. The molecule has 2 nitrogen and oxygen atoms in total. The van der Waals surface area contributed by atoms with E-state index in [-0.39, 0.29) is 6.10 Å². The van der Waals surface area contributed by atoms with Gasteiger partial charge >= 0.3 is 0 Å². The van der Waals surface area contributed by atoms with E-state index in [1.807, 2.05) is 18.2 Å². The Morgan fingerprint density at radius 2 is 1.67 bits per heavy atom. The van der Waals surface area contributed by atoms with Crippen molar-refractivity contribution in [2.24, 2.45) is 0 Å². The minimum atomic E-state index is -0.370. The Balaban J connectivity index is 1.66. The Kier molecular flexibility index (Phi) is 4.69. The highest BCUT2D eigenvalue weighted by Crippen LogP contribution is 2.25. The second-order valence-electron chi connectivity index (χ2n) is 5.89. The molecule has 0 bridgehead atoms. The van der Waals surface area contributed by atoms with Gasteiger partial charge in [-0.05, 0) is 42.5 Å². The van der Waals surface area contributed by atoms with Crippen LogP contribution in [-0.2, 0) is 0 Å². The highest BCUT2D eigenvalue weighted by molar-refractivity contribution is 5.63. The van der Waals surface area contributed by atoms with Crippen LogP contribution in [0.4, 0.5) is 0 Å². The minimum Gasteiger partial charge on any atom is -0.388 e. The number of nitrogens with one attached hydrogen (secondary N) is 1. The topological polar surface area (TPSA) is 32.3 Å². The van der Waals surface area contributed by atoms with Gasteiger partial charge in [0.2, 0.25) is 0 Å². The fraction of sp³-hybridized carbons (Fsp3) is 0.368. The Hall–Kier alpha value is -1.64. The number of aliphatic hydroxyl groups excluding tert-OH is 1. The molecule has 2 heteroatoms. The van der Waals surface area contributed by atoms with Gasteiger partial charge < -0.3 is 10.4 Å². The Labute approximate surface area is 126 Å². The Morgan fingerprint density at radius 1 is 0.952 bits per heavy atom. The molecule has 1 aliphatic heterocycles. The summed E-state index contributed by atoms with van der Waals surface area (Å²) < 4.78 is 0. The average Bonchev–Trinajstić information content (AvgIpc) is 2.57. The summed E-state index contributed by atoms with van der Waals surface area (Å²) in [6.45, 7) is 1.09. The van der Waals surface area contributed by atoms with Crippen LogP contribution in [-0.4, -0.2) is 17.7 Å². The molecule has 2 unspecified atom stereocenters. The molecule has 0 spiro atoms. The van der Waals surface area contributed by atoms with Crippen molar-refractivity contribution in [1.29, 1.82) is 0 Å². The molecule has 0 radical (unpaired) electrons. The summed E-state index contributed by atoms with van der Waals surface area (Å²) in [4.78, 5) is 0. The summed E-state index contributed by atoms with van der Waals surface area (Å²) in [5.41, 5.74) is 3.43. The van der Waals surface area contributed by atoms with E-state index in [0.717, 1.165) is 18.5 Å². The fourth-order valence-corrected chi connectivity index (χ4v) is 3.06. The third-order valence-corrected chi connectivity index (χ3v) is 4.32. The lowest BCUT2D eigenvalue weighted by Crippen LogP contribution is -2.35. The molecule has 2 aromatic rings. The monoisotopic (exact) mass is 281 g/mol. The Morgan fingerprint density at radius 3 is 2.33 bits per heavy atom. The molecule has 1 heterocycles. The third-order valence-electron chi connectivity index (χ3n) is 4.32. The standard InChI is InChI=1S/C19H23NO/c21-19(14-18-8-4-5-13-20-18)17-11-9-16(10-12-17)15-6-2-1-3-7-15/h1-3,6-7,9-12,18-21H,4-5,8,13-14H2. The van der Waals surface area contributed by atoms with Crippen molar-refractivity contribution in [3.63, 3.8) is 0 Å². The molecular weight excluding hydrogens is 258 g/mol. The van der Waals surface area contributed by atoms with Gasteiger partial charge in [-0.1, -0.05) is 61.0 Å². The van der Waals surface area contributed by atoms with Gasteiger partial charge in [-0.2, -0.15) is 0 Å². The van der Waals surface area contributed by atoms with Crippen molar-refractivity contribution in [2.45, 2.75) is 37.8 Å². The van der Waals surface area contributed by atoms with Gasteiger partial charge in [0.25, 0.3) is 0 Å². The van der Waals surface area contributed by atoms with Gasteiger partial charge in [-0.3, -0.25) is 0 Å². The van der Waals surface area contributed by atoms with Crippen LogP contribution in [0, 0.1) is 0 Å². The second-order valence-corrected chi connectivity index (χ2v) is 5.89. The van der Waals surface area contributed by atoms with E-state index in [2.05, 4.69) is 41.7 Å². The predicted molar refractivity (Wildman–Crippen MR) is 87.1 cm³/mol. The van der Waals surface area contributed by atoms with Crippen molar-refractivity contribution in [2.75, 3.05) is 6.54 Å². The molecule has 21 heavy (non-hydrogen) atoms. The quantitative estimate of drug-likeness (QED) is 0.890. The molecule has 110 valence electrons. The van der Waals surface area contributed by atoms with E-state index in [4.69, 9.17) is 0 Å². The maximum absolute atomic E-state index is 10.4. The van der Waals surface area contributed by atoms with Crippen LogP contribution in [0.3, 0.4) is 0 Å². The van der Waals surface area contributed by atoms with Crippen molar-refractivity contribution in [3.8, 4) is 11.1 Å². The van der Waals surface area contributed by atoms with E-state index in [0.29, 0.717) is 6.04 Å². The lowest BCUT2D eigenvalue weighted by Gasteiger charge is -2.25. The minimum absolute atomic E-state index is 0.370. The van der Waals surface area contributed by atoms with Gasteiger partial charge in [-0.15, -0.1) is 0 Å². The first kappa shape index (κ1) is 14.3. The van der Waals surface area contributed by atoms with E-state index in [1.54, 1.807) is 0 Å². The van der Waals surface area contributed by atoms with Crippen LogP contribution in [0.5, 0.6) is 0 Å². The fourth-order valence-electron chi connectivity index (χ4n) is 3.06. The highest BCUT2D eigenvalue weighted by atomic mass is 16.3. The molecular formula is C19H23NO. The molecule has 0 aromatic heterocycles. The zero-order valence-electron chi connectivity index (χ0n) is 12.3. The molecule has 1 aliphatic rings. The van der Waals surface area contributed by atoms with Crippen LogP contribution < -0.4 is 5.32 Å². The van der Waals surface area contributed by atoms with Crippen molar-refractivity contribution in [1.82, 2.24) is 5.32 Å². The zero-order valence-corrected chi connectivity index (χ0v) is 12.3. The summed E-state index contributed by atoms with van der Waals surface area (Å²) in [5, 5.41) is 13.9. The van der Waals surface area contributed by atoms with E-state index in [9.17, 15) is 5.11 Å². The maximum atomic E-state index is 10.4. The van der Waals surface area contributed by atoms with Gasteiger partial charge in [0.05, 0.1) is 6.10 Å². The second kappa shape index (κ2) is 6.88. The molecule has 2 atom stereocenters. The number of hydrogen-bond acceptors (Lipinski definition) is 2. The van der Waals surface area contributed by atoms with Crippen LogP contribution in [0.25, 0.3) is 11.1 Å². The zero-order chi connectivity index (χ0) is 14.5. The number of benzene rings is 2. The van der Waals surface area contributed by atoms with Crippen LogP contribution in [0.15, 0.2) is 54.6 Å². The highest BCUT2D eigenvalue weighted by Gasteiger charge is 2.17. The molecule has 0 saturated carbocycles. The predicted octanol–water partition coefficient (Wildman–Crippen LogP) is 3.92. The molecule has 1 saturated heterocycles. The van der Waals surface area contributed by atoms with E-state index < -0.39 is 0 Å². The molecule has 1 fully saturated rings. The smallest absolute Gasteiger partial charge is 0.0804 e. The van der Waals surface area contributed by atoms with E-state index >= 15 is 0 Å². The summed E-state index contributed by atoms with van der Waals surface area (Å²) in [7, 11) is 0. The lowest BCUT2D eigenvalue weighted by molar-refractivity contribution is 0.144. The lowest BCUT2D eigenvalue weighted by atomic mass is 9.95. The van der Waals surface area contributed by atoms with Crippen molar-refractivity contribution < 1.29 is 5.11 Å². The SMILES string of the molecule is OC(CC1CCCCN1)c1ccc(-c2ccccc2)cc1. The molecule has 2 aromatic carbocycles. The molecule has 3 rings (SSSR count). The summed E-state index contributed by atoms with van der Waals surface area (Å²) in [5.74, 6) is 0. The van der Waals surface area contributed by atoms with Crippen LogP contribution in [0.1, 0.15) is 37.4 Å². The van der Waals surface area contributed by atoms with Gasteiger partial charge in [0, 0.05) is 6.04 Å². The van der Waals surface area contributed by atoms with Gasteiger partial charge in [0.1, 0.15) is 0 Å². The number of aliphatic hydroxyl groups is 1. The molecule has 2 N–H and O–H groups in total. The average molecular weight is 281 g/mol.